The number of hydrogen-bond acceptors (Lipinski definition) is 3. The van der Waals surface area contributed by atoms with Gasteiger partial charge in [-0.3, -0.25) is 4.79 Å². The van der Waals surface area contributed by atoms with E-state index in [0.717, 1.165) is 11.3 Å². The van der Waals surface area contributed by atoms with Crippen molar-refractivity contribution in [1.82, 2.24) is 5.32 Å². The van der Waals surface area contributed by atoms with Crippen molar-refractivity contribution >= 4 is 17.5 Å². The van der Waals surface area contributed by atoms with Gasteiger partial charge in [-0.15, -0.1) is 0 Å². The Hall–Kier alpha value is -2.20. The molecule has 4 nitrogen and oxygen atoms in total. The highest BCUT2D eigenvalue weighted by Crippen LogP contribution is 2.18. The molecule has 2 aromatic carbocycles. The van der Waals surface area contributed by atoms with Gasteiger partial charge in [-0.1, -0.05) is 35.9 Å². The maximum Gasteiger partial charge on any atom is 0.258 e. The number of ether oxygens (including phenoxy) is 2. The molecule has 0 radical (unpaired) electrons. The molecule has 0 atom stereocenters. The van der Waals surface area contributed by atoms with Crippen molar-refractivity contribution in [1.29, 1.82) is 0 Å². The van der Waals surface area contributed by atoms with Crippen LogP contribution in [0.4, 0.5) is 0 Å². The minimum Gasteiger partial charge on any atom is -0.496 e. The van der Waals surface area contributed by atoms with E-state index in [1.165, 1.54) is 0 Å². The first-order chi connectivity index (χ1) is 10.2. The predicted molar refractivity (Wildman–Crippen MR) is 81.8 cm³/mol. The fourth-order valence-electron chi connectivity index (χ4n) is 1.80. The average Bonchev–Trinajstić information content (AvgIpc) is 2.51. The number of carbonyl (C=O) groups is 1. The second-order valence-electron chi connectivity index (χ2n) is 4.33. The SMILES string of the molecule is COc1ccccc1CNC(=O)COc1cccc(Cl)c1. The third-order valence-corrected chi connectivity index (χ3v) is 3.07. The Labute approximate surface area is 128 Å². The van der Waals surface area contributed by atoms with E-state index in [0.29, 0.717) is 17.3 Å². The number of halogens is 1. The lowest BCUT2D eigenvalue weighted by atomic mass is 10.2. The lowest BCUT2D eigenvalue weighted by Gasteiger charge is -2.10. The molecule has 0 aliphatic carbocycles. The molecular formula is C16H16ClNO3. The molecule has 1 N–H and O–H groups in total. The van der Waals surface area contributed by atoms with Gasteiger partial charge >= 0.3 is 0 Å². The zero-order valence-corrected chi connectivity index (χ0v) is 12.4. The standard InChI is InChI=1S/C16H16ClNO3/c1-20-15-8-3-2-5-12(15)10-18-16(19)11-21-14-7-4-6-13(17)9-14/h2-9H,10-11H2,1H3,(H,18,19). The van der Waals surface area contributed by atoms with Crippen molar-refractivity contribution in [2.45, 2.75) is 6.54 Å². The highest BCUT2D eigenvalue weighted by atomic mass is 35.5. The number of para-hydroxylation sites is 1. The van der Waals surface area contributed by atoms with Gasteiger partial charge in [0.25, 0.3) is 5.91 Å². The summed E-state index contributed by atoms with van der Waals surface area (Å²) in [6.07, 6.45) is 0. The molecule has 21 heavy (non-hydrogen) atoms. The van der Waals surface area contributed by atoms with E-state index in [9.17, 15) is 4.79 Å². The minimum atomic E-state index is -0.208. The summed E-state index contributed by atoms with van der Waals surface area (Å²) in [6.45, 7) is 0.331. The summed E-state index contributed by atoms with van der Waals surface area (Å²) in [5.41, 5.74) is 0.913. The van der Waals surface area contributed by atoms with Crippen LogP contribution in [-0.2, 0) is 11.3 Å². The van der Waals surface area contributed by atoms with Gasteiger partial charge in [0.2, 0.25) is 0 Å². The van der Waals surface area contributed by atoms with Gasteiger partial charge in [0.1, 0.15) is 11.5 Å². The lowest BCUT2D eigenvalue weighted by molar-refractivity contribution is -0.123. The quantitative estimate of drug-likeness (QED) is 0.892. The van der Waals surface area contributed by atoms with Crippen molar-refractivity contribution in [3.05, 3.63) is 59.1 Å². The summed E-state index contributed by atoms with van der Waals surface area (Å²) in [6, 6.07) is 14.5. The van der Waals surface area contributed by atoms with Crippen molar-refractivity contribution in [2.24, 2.45) is 0 Å². The zero-order chi connectivity index (χ0) is 15.1. The lowest BCUT2D eigenvalue weighted by Crippen LogP contribution is -2.28. The molecule has 0 aromatic heterocycles. The van der Waals surface area contributed by atoms with E-state index in [4.69, 9.17) is 21.1 Å². The van der Waals surface area contributed by atoms with E-state index in [1.807, 2.05) is 24.3 Å². The third-order valence-electron chi connectivity index (χ3n) is 2.83. The smallest absolute Gasteiger partial charge is 0.258 e. The first-order valence-corrected chi connectivity index (χ1v) is 6.84. The van der Waals surface area contributed by atoms with Crippen LogP contribution in [0.5, 0.6) is 11.5 Å². The highest BCUT2D eigenvalue weighted by molar-refractivity contribution is 6.30. The number of carbonyl (C=O) groups excluding carboxylic acids is 1. The average molecular weight is 306 g/mol. The molecule has 2 aromatic rings. The zero-order valence-electron chi connectivity index (χ0n) is 11.6. The Balaban J connectivity index is 1.82. The fourth-order valence-corrected chi connectivity index (χ4v) is 1.98. The Bertz CT molecular complexity index is 616. The Morgan fingerprint density at radius 3 is 2.76 bits per heavy atom. The Kier molecular flexibility index (Phi) is 5.46. The minimum absolute atomic E-state index is 0.0600. The van der Waals surface area contributed by atoms with Crippen LogP contribution < -0.4 is 14.8 Å². The summed E-state index contributed by atoms with van der Waals surface area (Å²) < 4.78 is 10.6. The van der Waals surface area contributed by atoms with Gasteiger partial charge in [0.15, 0.2) is 6.61 Å². The Morgan fingerprint density at radius 2 is 2.00 bits per heavy atom. The predicted octanol–water partition coefficient (Wildman–Crippen LogP) is 3.04. The molecule has 0 aliphatic heterocycles. The summed E-state index contributed by atoms with van der Waals surface area (Å²) in [5, 5.41) is 3.35. The highest BCUT2D eigenvalue weighted by Gasteiger charge is 2.06. The maximum absolute atomic E-state index is 11.8. The molecule has 0 saturated carbocycles. The van der Waals surface area contributed by atoms with Crippen LogP contribution in [0.15, 0.2) is 48.5 Å². The second-order valence-corrected chi connectivity index (χ2v) is 4.77. The summed E-state index contributed by atoms with van der Waals surface area (Å²) in [7, 11) is 1.60. The van der Waals surface area contributed by atoms with Crippen molar-refractivity contribution < 1.29 is 14.3 Å². The van der Waals surface area contributed by atoms with Crippen LogP contribution in [0.1, 0.15) is 5.56 Å². The van der Waals surface area contributed by atoms with E-state index >= 15 is 0 Å². The van der Waals surface area contributed by atoms with Gasteiger partial charge in [0.05, 0.1) is 7.11 Å². The number of amides is 1. The third kappa shape index (κ3) is 4.68. The maximum atomic E-state index is 11.8. The fraction of sp³-hybridized carbons (Fsp3) is 0.188. The van der Waals surface area contributed by atoms with Crippen LogP contribution in [0.25, 0.3) is 0 Å². The molecule has 0 aliphatic rings. The van der Waals surface area contributed by atoms with Crippen molar-refractivity contribution in [3.8, 4) is 11.5 Å². The number of nitrogens with one attached hydrogen (secondary N) is 1. The van der Waals surface area contributed by atoms with E-state index < -0.39 is 0 Å². The molecule has 110 valence electrons. The molecule has 0 unspecified atom stereocenters. The Morgan fingerprint density at radius 1 is 1.19 bits per heavy atom. The number of methoxy groups -OCH3 is 1. The van der Waals surface area contributed by atoms with Gasteiger partial charge in [0, 0.05) is 17.1 Å². The van der Waals surface area contributed by atoms with Gasteiger partial charge < -0.3 is 14.8 Å². The van der Waals surface area contributed by atoms with Crippen molar-refractivity contribution in [2.75, 3.05) is 13.7 Å². The summed E-state index contributed by atoms with van der Waals surface area (Å²) in [4.78, 5) is 11.8. The number of rotatable bonds is 6. The van der Waals surface area contributed by atoms with Gasteiger partial charge in [-0.2, -0.15) is 0 Å². The number of benzene rings is 2. The van der Waals surface area contributed by atoms with Crippen LogP contribution >= 0.6 is 11.6 Å². The normalized spacial score (nSPS) is 10.0. The molecule has 0 saturated heterocycles. The van der Waals surface area contributed by atoms with Gasteiger partial charge in [-0.25, -0.2) is 0 Å². The number of hydrogen-bond donors (Lipinski definition) is 1. The molecule has 0 spiro atoms. The van der Waals surface area contributed by atoms with E-state index in [-0.39, 0.29) is 12.5 Å². The largest absolute Gasteiger partial charge is 0.496 e. The van der Waals surface area contributed by atoms with Crippen molar-refractivity contribution in [3.63, 3.8) is 0 Å². The second kappa shape index (κ2) is 7.55. The van der Waals surface area contributed by atoms with Crippen LogP contribution in [0.3, 0.4) is 0 Å². The monoisotopic (exact) mass is 305 g/mol. The summed E-state index contributed by atoms with van der Waals surface area (Å²) >= 11 is 5.84. The topological polar surface area (TPSA) is 47.6 Å². The first kappa shape index (κ1) is 15.2. The molecule has 1 amide bonds. The molecule has 0 bridgehead atoms. The van der Waals surface area contributed by atoms with E-state index in [1.54, 1.807) is 31.4 Å². The van der Waals surface area contributed by atoms with Crippen LogP contribution in [0, 0.1) is 0 Å². The van der Waals surface area contributed by atoms with E-state index in [2.05, 4.69) is 5.32 Å². The summed E-state index contributed by atoms with van der Waals surface area (Å²) in [5.74, 6) is 1.10. The molecule has 0 heterocycles. The molecule has 5 heteroatoms. The molecular weight excluding hydrogens is 290 g/mol. The van der Waals surface area contributed by atoms with Crippen LogP contribution in [-0.4, -0.2) is 19.6 Å². The van der Waals surface area contributed by atoms with Crippen LogP contribution in [0.2, 0.25) is 5.02 Å². The molecule has 0 fully saturated rings. The molecule has 2 rings (SSSR count). The first-order valence-electron chi connectivity index (χ1n) is 6.46. The van der Waals surface area contributed by atoms with Gasteiger partial charge in [-0.05, 0) is 24.3 Å².